The first-order valence-electron chi connectivity index (χ1n) is 6.65. The van der Waals surface area contributed by atoms with Crippen molar-refractivity contribution in [1.82, 2.24) is 4.90 Å². The van der Waals surface area contributed by atoms with Gasteiger partial charge in [-0.25, -0.2) is 0 Å². The molecule has 0 spiro atoms. The lowest BCUT2D eigenvalue weighted by Gasteiger charge is -2.12. The Morgan fingerprint density at radius 1 is 1.39 bits per heavy atom. The molecule has 1 amide bonds. The standard InChI is InChI=1S/C15H11NO4S3/c17-13(18)5-6-16-14(19)12(23-15(16)21)8-9-3-4-10(20-9)11-2-1-7-22-11/h1-4,7-8H,5-6H2,(H,17,18). The molecule has 5 nitrogen and oxygen atoms in total. The minimum absolute atomic E-state index is 0.0793. The van der Waals surface area contributed by atoms with E-state index in [1.54, 1.807) is 23.5 Å². The maximum Gasteiger partial charge on any atom is 0.305 e. The van der Waals surface area contributed by atoms with Crippen LogP contribution >= 0.6 is 35.3 Å². The van der Waals surface area contributed by atoms with E-state index in [2.05, 4.69) is 0 Å². The third-order valence-corrected chi connectivity index (χ3v) is 5.35. The highest BCUT2D eigenvalue weighted by Gasteiger charge is 2.32. The maximum atomic E-state index is 12.3. The van der Waals surface area contributed by atoms with Crippen LogP contribution < -0.4 is 0 Å². The molecule has 1 saturated heterocycles. The number of carbonyl (C=O) groups is 2. The lowest BCUT2D eigenvalue weighted by atomic mass is 10.3. The molecule has 23 heavy (non-hydrogen) atoms. The first kappa shape index (κ1) is 16.0. The zero-order valence-electron chi connectivity index (χ0n) is 11.7. The van der Waals surface area contributed by atoms with Crippen LogP contribution in [0.25, 0.3) is 16.7 Å². The third kappa shape index (κ3) is 3.54. The quantitative estimate of drug-likeness (QED) is 0.644. The highest BCUT2D eigenvalue weighted by Crippen LogP contribution is 2.34. The Labute approximate surface area is 145 Å². The summed E-state index contributed by atoms with van der Waals surface area (Å²) in [5, 5.41) is 10.7. The molecule has 0 radical (unpaired) electrons. The number of hydrogen-bond acceptors (Lipinski definition) is 6. The third-order valence-electron chi connectivity index (χ3n) is 3.09. The lowest BCUT2D eigenvalue weighted by molar-refractivity contribution is -0.137. The largest absolute Gasteiger partial charge is 0.481 e. The Bertz CT molecular complexity index is 792. The van der Waals surface area contributed by atoms with Crippen molar-refractivity contribution in [3.05, 3.63) is 40.3 Å². The highest BCUT2D eigenvalue weighted by molar-refractivity contribution is 8.26. The van der Waals surface area contributed by atoms with Gasteiger partial charge in [0.1, 0.15) is 15.8 Å². The monoisotopic (exact) mass is 365 g/mol. The van der Waals surface area contributed by atoms with Gasteiger partial charge in [-0.05, 0) is 23.6 Å². The second kappa shape index (κ2) is 6.69. The summed E-state index contributed by atoms with van der Waals surface area (Å²) in [7, 11) is 0. The van der Waals surface area contributed by atoms with Crippen molar-refractivity contribution in [2.45, 2.75) is 6.42 Å². The predicted octanol–water partition coefficient (Wildman–Crippen LogP) is 3.68. The van der Waals surface area contributed by atoms with Gasteiger partial charge in [-0.2, -0.15) is 0 Å². The Kier molecular flexibility index (Phi) is 4.65. The van der Waals surface area contributed by atoms with E-state index >= 15 is 0 Å². The Morgan fingerprint density at radius 2 is 2.22 bits per heavy atom. The molecule has 2 aromatic rings. The van der Waals surface area contributed by atoms with Crippen LogP contribution in [0.5, 0.6) is 0 Å². The van der Waals surface area contributed by atoms with Crippen molar-refractivity contribution in [3.63, 3.8) is 0 Å². The molecule has 118 valence electrons. The molecular formula is C15H11NO4S3. The molecule has 0 unspecified atom stereocenters. The number of thiophene rings is 1. The number of amides is 1. The number of carboxylic acids is 1. The molecule has 0 atom stereocenters. The van der Waals surface area contributed by atoms with Gasteiger partial charge < -0.3 is 9.52 Å². The molecule has 0 aromatic carbocycles. The van der Waals surface area contributed by atoms with E-state index < -0.39 is 5.97 Å². The maximum absolute atomic E-state index is 12.3. The van der Waals surface area contributed by atoms with Gasteiger partial charge in [-0.1, -0.05) is 30.0 Å². The Morgan fingerprint density at radius 3 is 2.91 bits per heavy atom. The number of thiocarbonyl (C=S) groups is 1. The van der Waals surface area contributed by atoms with Gasteiger partial charge in [-0.15, -0.1) is 11.3 Å². The fraction of sp³-hybridized carbons (Fsp3) is 0.133. The molecule has 2 aromatic heterocycles. The number of furan rings is 1. The Balaban J connectivity index is 1.77. The summed E-state index contributed by atoms with van der Waals surface area (Å²) in [4.78, 5) is 25.7. The predicted molar refractivity (Wildman–Crippen MR) is 94.2 cm³/mol. The normalized spacial score (nSPS) is 16.5. The molecule has 1 aliphatic heterocycles. The van der Waals surface area contributed by atoms with E-state index in [1.807, 2.05) is 23.6 Å². The van der Waals surface area contributed by atoms with Crippen LogP contribution in [0.15, 0.2) is 39.0 Å². The number of hydrogen-bond donors (Lipinski definition) is 1. The molecule has 0 saturated carbocycles. The van der Waals surface area contributed by atoms with Crippen LogP contribution in [0.1, 0.15) is 12.2 Å². The second-order valence-corrected chi connectivity index (χ2v) is 7.28. The topological polar surface area (TPSA) is 70.8 Å². The fourth-order valence-corrected chi connectivity index (χ4v) is 3.99. The minimum atomic E-state index is -0.963. The van der Waals surface area contributed by atoms with E-state index in [-0.39, 0.29) is 18.9 Å². The zero-order valence-corrected chi connectivity index (χ0v) is 14.2. The number of carbonyl (C=O) groups excluding carboxylic acids is 1. The average molecular weight is 365 g/mol. The summed E-state index contributed by atoms with van der Waals surface area (Å²) in [6, 6.07) is 7.54. The number of carboxylic acid groups (broad SMARTS) is 1. The van der Waals surface area contributed by atoms with E-state index in [0.717, 1.165) is 22.4 Å². The van der Waals surface area contributed by atoms with Crippen molar-refractivity contribution in [3.8, 4) is 10.6 Å². The van der Waals surface area contributed by atoms with Crippen LogP contribution in [0, 0.1) is 0 Å². The summed E-state index contributed by atoms with van der Waals surface area (Å²) < 4.78 is 6.09. The van der Waals surface area contributed by atoms with Gasteiger partial charge in [0.15, 0.2) is 0 Å². The fourth-order valence-electron chi connectivity index (χ4n) is 2.01. The SMILES string of the molecule is O=C(O)CCN1C(=O)C(=Cc2ccc(-c3cccs3)o2)SC1=S. The van der Waals surface area contributed by atoms with Gasteiger partial charge in [0.25, 0.3) is 5.91 Å². The van der Waals surface area contributed by atoms with Crippen molar-refractivity contribution >= 4 is 57.6 Å². The highest BCUT2D eigenvalue weighted by atomic mass is 32.2. The van der Waals surface area contributed by atoms with Crippen molar-refractivity contribution in [2.75, 3.05) is 6.54 Å². The molecule has 0 bridgehead atoms. The summed E-state index contributed by atoms with van der Waals surface area (Å²) in [6.07, 6.45) is 1.50. The molecular weight excluding hydrogens is 354 g/mol. The van der Waals surface area contributed by atoms with Crippen molar-refractivity contribution in [2.24, 2.45) is 0 Å². The zero-order chi connectivity index (χ0) is 16.4. The van der Waals surface area contributed by atoms with E-state index in [1.165, 1.54) is 4.90 Å². The summed E-state index contributed by atoms with van der Waals surface area (Å²) in [6.45, 7) is 0.0793. The first-order valence-corrected chi connectivity index (χ1v) is 8.76. The molecule has 1 N–H and O–H groups in total. The van der Waals surface area contributed by atoms with Crippen LogP contribution in [0.4, 0.5) is 0 Å². The van der Waals surface area contributed by atoms with Gasteiger partial charge in [-0.3, -0.25) is 14.5 Å². The van der Waals surface area contributed by atoms with Gasteiger partial charge in [0.2, 0.25) is 0 Å². The van der Waals surface area contributed by atoms with Gasteiger partial charge in [0, 0.05) is 12.6 Å². The summed E-state index contributed by atoms with van der Waals surface area (Å²) >= 11 is 7.86. The van der Waals surface area contributed by atoms with Crippen molar-refractivity contribution in [1.29, 1.82) is 0 Å². The van der Waals surface area contributed by atoms with Crippen molar-refractivity contribution < 1.29 is 19.1 Å². The summed E-state index contributed by atoms with van der Waals surface area (Å²) in [5.41, 5.74) is 0. The minimum Gasteiger partial charge on any atom is -0.481 e. The average Bonchev–Trinajstić information content (AvgIpc) is 3.20. The van der Waals surface area contributed by atoms with E-state index in [0.29, 0.717) is 15.0 Å². The van der Waals surface area contributed by atoms with Gasteiger partial charge in [0.05, 0.1) is 16.2 Å². The molecule has 3 rings (SSSR count). The lowest BCUT2D eigenvalue weighted by Crippen LogP contribution is -2.30. The number of aliphatic carboxylic acids is 1. The molecule has 3 heterocycles. The second-order valence-electron chi connectivity index (χ2n) is 4.66. The van der Waals surface area contributed by atoms with E-state index in [9.17, 15) is 9.59 Å². The first-order chi connectivity index (χ1) is 11.0. The Hall–Kier alpha value is -1.90. The number of thioether (sulfide) groups is 1. The van der Waals surface area contributed by atoms with E-state index in [4.69, 9.17) is 21.7 Å². The van der Waals surface area contributed by atoms with Crippen LogP contribution in [-0.2, 0) is 9.59 Å². The molecule has 1 aliphatic rings. The molecule has 1 fully saturated rings. The van der Waals surface area contributed by atoms with Crippen LogP contribution in [-0.4, -0.2) is 32.7 Å². The number of nitrogens with zero attached hydrogens (tertiary/aromatic N) is 1. The smallest absolute Gasteiger partial charge is 0.305 e. The molecule has 8 heteroatoms. The van der Waals surface area contributed by atoms with Crippen LogP contribution in [0.3, 0.4) is 0 Å². The summed E-state index contributed by atoms with van der Waals surface area (Å²) in [5.74, 6) is 0.0599. The van der Waals surface area contributed by atoms with Gasteiger partial charge >= 0.3 is 5.97 Å². The van der Waals surface area contributed by atoms with Crippen LogP contribution in [0.2, 0.25) is 0 Å². The molecule has 0 aliphatic carbocycles. The number of rotatable bonds is 5.